The highest BCUT2D eigenvalue weighted by molar-refractivity contribution is 5.87. The van der Waals surface area contributed by atoms with Gasteiger partial charge in [-0.1, -0.05) is 30.4 Å². The second kappa shape index (κ2) is 12.5. The van der Waals surface area contributed by atoms with Crippen LogP contribution in [0.15, 0.2) is 72.3 Å². The first-order chi connectivity index (χ1) is 17.9. The minimum absolute atomic E-state index is 0.0364. The van der Waals surface area contributed by atoms with E-state index in [0.29, 0.717) is 24.7 Å². The second-order valence-electron chi connectivity index (χ2n) is 9.61. The summed E-state index contributed by atoms with van der Waals surface area (Å²) in [6.45, 7) is 2.06. The fraction of sp³-hybridized carbons (Fsp3) is 0.393. The summed E-state index contributed by atoms with van der Waals surface area (Å²) in [4.78, 5) is 25.3. The Labute approximate surface area is 219 Å². The SMILES string of the molecule is CNC(C1=CC=C(Oc2ccccc2)CC1)c1c(N)ncnc1NC1CCN(C(=O)/C=C/CN(C)C)C1. The summed E-state index contributed by atoms with van der Waals surface area (Å²) in [6.07, 6.45) is 11.6. The van der Waals surface area contributed by atoms with E-state index in [1.807, 2.05) is 73.4 Å². The van der Waals surface area contributed by atoms with Gasteiger partial charge in [0, 0.05) is 38.2 Å². The van der Waals surface area contributed by atoms with Crippen molar-refractivity contribution in [3.63, 3.8) is 0 Å². The van der Waals surface area contributed by atoms with Gasteiger partial charge in [0.2, 0.25) is 5.91 Å². The summed E-state index contributed by atoms with van der Waals surface area (Å²) in [7, 11) is 5.87. The number of anilines is 2. The van der Waals surface area contributed by atoms with Crippen LogP contribution in [0.25, 0.3) is 0 Å². The van der Waals surface area contributed by atoms with Crippen molar-refractivity contribution in [3.05, 3.63) is 77.9 Å². The number of para-hydroxylation sites is 1. The molecule has 2 unspecified atom stereocenters. The fourth-order valence-corrected chi connectivity index (χ4v) is 4.67. The van der Waals surface area contributed by atoms with Crippen molar-refractivity contribution in [2.45, 2.75) is 31.3 Å². The molecule has 1 aliphatic heterocycles. The van der Waals surface area contributed by atoms with Gasteiger partial charge in [0.1, 0.15) is 29.5 Å². The maximum atomic E-state index is 12.6. The summed E-state index contributed by atoms with van der Waals surface area (Å²) in [6, 6.07) is 9.74. The molecular weight excluding hydrogens is 466 g/mol. The van der Waals surface area contributed by atoms with Crippen molar-refractivity contribution in [2.24, 2.45) is 0 Å². The van der Waals surface area contributed by atoms with E-state index in [-0.39, 0.29) is 18.0 Å². The summed E-state index contributed by atoms with van der Waals surface area (Å²) in [5, 5.41) is 6.94. The maximum absolute atomic E-state index is 12.6. The number of amides is 1. The third-order valence-electron chi connectivity index (χ3n) is 6.57. The van der Waals surface area contributed by atoms with Gasteiger partial charge in [-0.3, -0.25) is 4.79 Å². The topological polar surface area (TPSA) is 109 Å². The first-order valence-electron chi connectivity index (χ1n) is 12.7. The highest BCUT2D eigenvalue weighted by Gasteiger charge is 2.29. The molecule has 1 fully saturated rings. The van der Waals surface area contributed by atoms with E-state index in [9.17, 15) is 4.79 Å². The van der Waals surface area contributed by atoms with Crippen LogP contribution in [0.1, 0.15) is 30.9 Å². The monoisotopic (exact) mass is 503 g/mol. The minimum Gasteiger partial charge on any atom is -0.462 e. The Kier molecular flexibility index (Phi) is 8.92. The van der Waals surface area contributed by atoms with Gasteiger partial charge in [-0.2, -0.15) is 0 Å². The molecule has 2 atom stereocenters. The number of likely N-dealkylation sites (N-methyl/N-ethyl adjacent to an activating group) is 2. The summed E-state index contributed by atoms with van der Waals surface area (Å²) in [5.41, 5.74) is 8.40. The third-order valence-corrected chi connectivity index (χ3v) is 6.57. The Morgan fingerprint density at radius 3 is 2.76 bits per heavy atom. The largest absolute Gasteiger partial charge is 0.462 e. The molecule has 0 bridgehead atoms. The number of nitrogens with two attached hydrogens (primary N) is 1. The van der Waals surface area contributed by atoms with Crippen molar-refractivity contribution in [3.8, 4) is 5.75 Å². The van der Waals surface area contributed by atoms with Gasteiger partial charge in [0.05, 0.1) is 11.6 Å². The molecule has 196 valence electrons. The molecule has 1 aromatic heterocycles. The quantitative estimate of drug-likeness (QED) is 0.425. The standard InChI is InChI=1S/C28H37N7O2/c1-30-26(20-11-13-23(14-12-20)37-22-8-5-4-6-9-22)25-27(29)31-19-32-28(25)33-21-15-17-35(18-21)24(36)10-7-16-34(2)3/h4-11,13,19,21,26,30H,12,14-18H2,1-3H3,(H3,29,31,32,33)/b10-7+. The van der Waals surface area contributed by atoms with Crippen LogP contribution in [0.4, 0.5) is 11.6 Å². The second-order valence-corrected chi connectivity index (χ2v) is 9.61. The number of benzene rings is 1. The van der Waals surface area contributed by atoms with Crippen LogP contribution in [-0.4, -0.2) is 72.5 Å². The number of hydrogen-bond acceptors (Lipinski definition) is 8. The number of rotatable bonds is 10. The highest BCUT2D eigenvalue weighted by Crippen LogP contribution is 2.36. The van der Waals surface area contributed by atoms with Crippen molar-refractivity contribution < 1.29 is 9.53 Å². The van der Waals surface area contributed by atoms with E-state index in [1.165, 1.54) is 11.9 Å². The van der Waals surface area contributed by atoms with Crippen molar-refractivity contribution in [2.75, 3.05) is 51.8 Å². The molecule has 2 heterocycles. The van der Waals surface area contributed by atoms with Crippen LogP contribution in [-0.2, 0) is 4.79 Å². The van der Waals surface area contributed by atoms with E-state index >= 15 is 0 Å². The zero-order valence-corrected chi connectivity index (χ0v) is 21.9. The number of nitrogens with zero attached hydrogens (tertiary/aromatic N) is 4. The first-order valence-corrected chi connectivity index (χ1v) is 12.7. The number of allylic oxidation sites excluding steroid dienone is 3. The zero-order valence-electron chi connectivity index (χ0n) is 21.9. The molecule has 37 heavy (non-hydrogen) atoms. The lowest BCUT2D eigenvalue weighted by atomic mass is 9.92. The number of nitrogens with one attached hydrogen (secondary N) is 2. The molecule has 1 amide bonds. The van der Waals surface area contributed by atoms with Crippen LogP contribution in [0.2, 0.25) is 0 Å². The van der Waals surface area contributed by atoms with E-state index in [0.717, 1.165) is 42.9 Å². The lowest BCUT2D eigenvalue weighted by Crippen LogP contribution is -2.31. The number of likely N-dealkylation sites (tertiary alicyclic amines) is 1. The van der Waals surface area contributed by atoms with E-state index in [4.69, 9.17) is 10.5 Å². The normalized spacial score (nSPS) is 18.6. The number of nitrogen functional groups attached to an aromatic ring is 1. The van der Waals surface area contributed by atoms with Crippen molar-refractivity contribution >= 4 is 17.5 Å². The molecule has 1 aromatic carbocycles. The van der Waals surface area contributed by atoms with Crippen molar-refractivity contribution in [1.29, 1.82) is 0 Å². The van der Waals surface area contributed by atoms with Crippen LogP contribution >= 0.6 is 0 Å². The van der Waals surface area contributed by atoms with Gasteiger partial charge in [-0.05, 0) is 57.8 Å². The van der Waals surface area contributed by atoms with Crippen LogP contribution in [0.3, 0.4) is 0 Å². The Balaban J connectivity index is 1.46. The van der Waals surface area contributed by atoms with Gasteiger partial charge in [0.15, 0.2) is 0 Å². The van der Waals surface area contributed by atoms with E-state index in [2.05, 4.69) is 26.7 Å². The van der Waals surface area contributed by atoms with Gasteiger partial charge < -0.3 is 30.9 Å². The molecule has 9 heteroatoms. The molecule has 0 spiro atoms. The Hall–Kier alpha value is -3.69. The Morgan fingerprint density at radius 1 is 1.24 bits per heavy atom. The number of carbonyl (C=O) groups excluding carboxylic acids is 1. The summed E-state index contributed by atoms with van der Waals surface area (Å²) >= 11 is 0. The highest BCUT2D eigenvalue weighted by atomic mass is 16.5. The Morgan fingerprint density at radius 2 is 2.05 bits per heavy atom. The molecule has 2 aliphatic rings. The van der Waals surface area contributed by atoms with E-state index in [1.54, 1.807) is 6.08 Å². The van der Waals surface area contributed by atoms with Crippen LogP contribution in [0, 0.1) is 0 Å². The lowest BCUT2D eigenvalue weighted by molar-refractivity contribution is -0.125. The fourth-order valence-electron chi connectivity index (χ4n) is 4.67. The number of hydrogen-bond donors (Lipinski definition) is 3. The molecule has 2 aromatic rings. The number of carbonyl (C=O) groups is 1. The van der Waals surface area contributed by atoms with Crippen LogP contribution in [0.5, 0.6) is 5.75 Å². The molecule has 9 nitrogen and oxygen atoms in total. The lowest BCUT2D eigenvalue weighted by Gasteiger charge is -2.26. The predicted octanol–water partition coefficient (Wildman–Crippen LogP) is 3.13. The third kappa shape index (κ3) is 6.96. The van der Waals surface area contributed by atoms with Gasteiger partial charge >= 0.3 is 0 Å². The molecular formula is C28H37N7O2. The molecule has 4 N–H and O–H groups in total. The maximum Gasteiger partial charge on any atom is 0.246 e. The average molecular weight is 504 g/mol. The predicted molar refractivity (Wildman–Crippen MR) is 147 cm³/mol. The number of aromatic nitrogens is 2. The van der Waals surface area contributed by atoms with Gasteiger partial charge in [-0.15, -0.1) is 0 Å². The molecule has 1 saturated heterocycles. The summed E-state index contributed by atoms with van der Waals surface area (Å²) in [5.74, 6) is 2.93. The minimum atomic E-state index is -0.147. The summed E-state index contributed by atoms with van der Waals surface area (Å²) < 4.78 is 6.02. The average Bonchev–Trinajstić information content (AvgIpc) is 3.36. The van der Waals surface area contributed by atoms with Gasteiger partial charge in [-0.25, -0.2) is 9.97 Å². The molecule has 0 saturated carbocycles. The molecule has 4 rings (SSSR count). The number of ether oxygens (including phenoxy) is 1. The van der Waals surface area contributed by atoms with Gasteiger partial charge in [0.25, 0.3) is 0 Å². The Bertz CT molecular complexity index is 1160. The zero-order chi connectivity index (χ0) is 26.2. The first kappa shape index (κ1) is 26.4. The van der Waals surface area contributed by atoms with E-state index < -0.39 is 0 Å². The molecule has 1 aliphatic carbocycles. The van der Waals surface area contributed by atoms with Crippen molar-refractivity contribution in [1.82, 2.24) is 25.1 Å². The van der Waals surface area contributed by atoms with Crippen LogP contribution < -0.4 is 21.1 Å². The smallest absolute Gasteiger partial charge is 0.246 e. The molecule has 0 radical (unpaired) electrons.